The molecule has 1 aromatic rings. The standard InChI is InChI=1S/C16H22FN3O4/c1-16(2,3)24-15(23)20-12(14(22)19-9-13(18)21)8-10-4-6-11(17)7-5-10/h4-7,12H,8-9H2,1-3H3,(H2,18,21)(H,19,22)(H,20,23). The Bertz CT molecular complexity index is 596. The van der Waals surface area contributed by atoms with Gasteiger partial charge in [0.1, 0.15) is 17.5 Å². The zero-order valence-electron chi connectivity index (χ0n) is 13.9. The van der Waals surface area contributed by atoms with E-state index < -0.39 is 35.4 Å². The van der Waals surface area contributed by atoms with Crippen LogP contribution in [0.15, 0.2) is 24.3 Å². The number of ether oxygens (including phenoxy) is 1. The second kappa shape index (κ2) is 8.28. The zero-order chi connectivity index (χ0) is 18.3. The van der Waals surface area contributed by atoms with Crippen LogP contribution in [-0.2, 0) is 20.7 Å². The van der Waals surface area contributed by atoms with Gasteiger partial charge in [-0.1, -0.05) is 12.1 Å². The number of nitrogens with two attached hydrogens (primary N) is 1. The fourth-order valence-electron chi connectivity index (χ4n) is 1.81. The lowest BCUT2D eigenvalue weighted by Crippen LogP contribution is -2.50. The molecule has 0 heterocycles. The van der Waals surface area contributed by atoms with Gasteiger partial charge in [0, 0.05) is 6.42 Å². The van der Waals surface area contributed by atoms with Gasteiger partial charge in [0.25, 0.3) is 0 Å². The molecule has 0 aliphatic rings. The summed E-state index contributed by atoms with van der Waals surface area (Å²) in [6, 6.07) is 4.51. The molecule has 0 fully saturated rings. The van der Waals surface area contributed by atoms with Crippen molar-refractivity contribution in [3.63, 3.8) is 0 Å². The minimum Gasteiger partial charge on any atom is -0.444 e. The van der Waals surface area contributed by atoms with Crippen molar-refractivity contribution in [1.29, 1.82) is 0 Å². The highest BCUT2D eigenvalue weighted by Crippen LogP contribution is 2.09. The number of carbonyl (C=O) groups is 3. The van der Waals surface area contributed by atoms with Crippen molar-refractivity contribution in [3.8, 4) is 0 Å². The molecule has 0 aliphatic carbocycles. The number of alkyl carbamates (subject to hydrolysis) is 1. The lowest BCUT2D eigenvalue weighted by atomic mass is 10.1. The lowest BCUT2D eigenvalue weighted by molar-refractivity contribution is -0.126. The maximum Gasteiger partial charge on any atom is 0.408 e. The SMILES string of the molecule is CC(C)(C)OC(=O)NC(Cc1ccc(F)cc1)C(=O)NCC(N)=O. The lowest BCUT2D eigenvalue weighted by Gasteiger charge is -2.23. The predicted molar refractivity (Wildman–Crippen MR) is 85.5 cm³/mol. The molecule has 0 radical (unpaired) electrons. The number of benzene rings is 1. The molecular formula is C16H22FN3O4. The molecule has 7 nitrogen and oxygen atoms in total. The van der Waals surface area contributed by atoms with Crippen molar-refractivity contribution in [2.45, 2.75) is 38.8 Å². The molecule has 1 atom stereocenters. The molecule has 0 bridgehead atoms. The monoisotopic (exact) mass is 339 g/mol. The van der Waals surface area contributed by atoms with E-state index in [1.54, 1.807) is 20.8 Å². The molecule has 132 valence electrons. The van der Waals surface area contributed by atoms with Gasteiger partial charge in [-0.3, -0.25) is 9.59 Å². The van der Waals surface area contributed by atoms with Gasteiger partial charge >= 0.3 is 6.09 Å². The largest absolute Gasteiger partial charge is 0.444 e. The van der Waals surface area contributed by atoms with E-state index in [1.807, 2.05) is 0 Å². The predicted octanol–water partition coefficient (Wildman–Crippen LogP) is 0.863. The summed E-state index contributed by atoms with van der Waals surface area (Å²) < 4.78 is 18.1. The Morgan fingerprint density at radius 3 is 2.29 bits per heavy atom. The minimum absolute atomic E-state index is 0.101. The molecule has 0 saturated heterocycles. The van der Waals surface area contributed by atoms with Crippen LogP contribution in [0.25, 0.3) is 0 Å². The highest BCUT2D eigenvalue weighted by molar-refractivity contribution is 5.89. The van der Waals surface area contributed by atoms with E-state index in [-0.39, 0.29) is 13.0 Å². The summed E-state index contributed by atoms with van der Waals surface area (Å²) in [5.74, 6) is -1.71. The topological polar surface area (TPSA) is 111 Å². The van der Waals surface area contributed by atoms with Gasteiger partial charge in [-0.25, -0.2) is 9.18 Å². The molecule has 4 N–H and O–H groups in total. The Hall–Kier alpha value is -2.64. The van der Waals surface area contributed by atoms with E-state index in [4.69, 9.17) is 10.5 Å². The average Bonchev–Trinajstić information content (AvgIpc) is 2.44. The number of halogens is 1. The first-order valence-corrected chi connectivity index (χ1v) is 7.37. The fourth-order valence-corrected chi connectivity index (χ4v) is 1.81. The van der Waals surface area contributed by atoms with Crippen molar-refractivity contribution >= 4 is 17.9 Å². The summed E-state index contributed by atoms with van der Waals surface area (Å²) in [6.45, 7) is 4.72. The van der Waals surface area contributed by atoms with Crippen LogP contribution < -0.4 is 16.4 Å². The minimum atomic E-state index is -0.996. The maximum atomic E-state index is 13.0. The van der Waals surface area contributed by atoms with E-state index in [9.17, 15) is 18.8 Å². The second-order valence-corrected chi connectivity index (χ2v) is 6.21. The van der Waals surface area contributed by atoms with E-state index >= 15 is 0 Å². The number of amides is 3. The van der Waals surface area contributed by atoms with Gasteiger partial charge in [-0.05, 0) is 38.5 Å². The number of hydrogen-bond donors (Lipinski definition) is 3. The third-order valence-corrected chi connectivity index (χ3v) is 2.80. The normalized spacial score (nSPS) is 12.2. The molecule has 1 unspecified atom stereocenters. The highest BCUT2D eigenvalue weighted by Gasteiger charge is 2.24. The van der Waals surface area contributed by atoms with Crippen LogP contribution in [0.4, 0.5) is 9.18 Å². The van der Waals surface area contributed by atoms with Crippen LogP contribution in [0, 0.1) is 5.82 Å². The van der Waals surface area contributed by atoms with Gasteiger partial charge in [-0.2, -0.15) is 0 Å². The van der Waals surface area contributed by atoms with Crippen molar-refractivity contribution in [2.75, 3.05) is 6.54 Å². The number of rotatable bonds is 6. The summed E-state index contributed by atoms with van der Waals surface area (Å²) in [7, 11) is 0. The summed E-state index contributed by atoms with van der Waals surface area (Å²) in [5, 5.41) is 4.77. The number of nitrogens with one attached hydrogen (secondary N) is 2. The van der Waals surface area contributed by atoms with Gasteiger partial charge in [-0.15, -0.1) is 0 Å². The van der Waals surface area contributed by atoms with Gasteiger partial charge in [0.05, 0.1) is 6.54 Å². The molecule has 24 heavy (non-hydrogen) atoms. The van der Waals surface area contributed by atoms with Crippen molar-refractivity contribution < 1.29 is 23.5 Å². The first kappa shape index (κ1) is 19.4. The summed E-state index contributed by atoms with van der Waals surface area (Å²) in [5.41, 5.74) is 4.89. The summed E-state index contributed by atoms with van der Waals surface area (Å²) in [4.78, 5) is 34.8. The van der Waals surface area contributed by atoms with Crippen molar-refractivity contribution in [1.82, 2.24) is 10.6 Å². The molecule has 3 amide bonds. The van der Waals surface area contributed by atoms with E-state index in [0.717, 1.165) is 0 Å². The Labute approximate surface area is 139 Å². The maximum absolute atomic E-state index is 13.0. The van der Waals surface area contributed by atoms with Crippen LogP contribution in [0.2, 0.25) is 0 Å². The highest BCUT2D eigenvalue weighted by atomic mass is 19.1. The molecule has 8 heteroatoms. The molecular weight excluding hydrogens is 317 g/mol. The molecule has 1 rings (SSSR count). The van der Waals surface area contributed by atoms with E-state index in [2.05, 4.69) is 10.6 Å². The van der Waals surface area contributed by atoms with Gasteiger partial charge < -0.3 is 21.1 Å². The van der Waals surface area contributed by atoms with Crippen LogP contribution >= 0.6 is 0 Å². The van der Waals surface area contributed by atoms with Crippen LogP contribution in [0.1, 0.15) is 26.3 Å². The number of carbonyl (C=O) groups excluding carboxylic acids is 3. The molecule has 0 aliphatic heterocycles. The van der Waals surface area contributed by atoms with Crippen LogP contribution in [-0.4, -0.2) is 36.1 Å². The van der Waals surface area contributed by atoms with Crippen molar-refractivity contribution in [3.05, 3.63) is 35.6 Å². The first-order chi connectivity index (χ1) is 11.1. The summed E-state index contributed by atoms with van der Waals surface area (Å²) >= 11 is 0. The van der Waals surface area contributed by atoms with Gasteiger partial charge in [0.2, 0.25) is 11.8 Å². The fraction of sp³-hybridized carbons (Fsp3) is 0.438. The average molecular weight is 339 g/mol. The van der Waals surface area contributed by atoms with Crippen LogP contribution in [0.5, 0.6) is 0 Å². The second-order valence-electron chi connectivity index (χ2n) is 6.21. The third-order valence-electron chi connectivity index (χ3n) is 2.80. The molecule has 0 spiro atoms. The molecule has 0 saturated carbocycles. The van der Waals surface area contributed by atoms with E-state index in [1.165, 1.54) is 24.3 Å². The smallest absolute Gasteiger partial charge is 0.408 e. The Morgan fingerprint density at radius 1 is 1.21 bits per heavy atom. The Morgan fingerprint density at radius 2 is 1.79 bits per heavy atom. The Kier molecular flexibility index (Phi) is 6.69. The zero-order valence-corrected chi connectivity index (χ0v) is 13.9. The van der Waals surface area contributed by atoms with E-state index in [0.29, 0.717) is 5.56 Å². The number of primary amides is 1. The third kappa shape index (κ3) is 7.57. The first-order valence-electron chi connectivity index (χ1n) is 7.37. The van der Waals surface area contributed by atoms with Gasteiger partial charge in [0.15, 0.2) is 0 Å². The Balaban J connectivity index is 2.81. The summed E-state index contributed by atoms with van der Waals surface area (Å²) in [6.07, 6.45) is -0.673. The van der Waals surface area contributed by atoms with Crippen LogP contribution in [0.3, 0.4) is 0 Å². The molecule has 0 aromatic heterocycles. The van der Waals surface area contributed by atoms with Crippen molar-refractivity contribution in [2.24, 2.45) is 5.73 Å². The number of hydrogen-bond acceptors (Lipinski definition) is 4. The quantitative estimate of drug-likeness (QED) is 0.714. The molecule has 1 aromatic carbocycles.